The third-order valence-electron chi connectivity index (χ3n) is 0.963. The maximum Gasteiger partial charge on any atom is 0.147 e. The lowest BCUT2D eigenvalue weighted by Gasteiger charge is -1.94. The SMILES string of the molecule is Cl.F.F.F.F.Fc1cc(F)c([S])c(F)c1. The van der Waals surface area contributed by atoms with Crippen LogP contribution in [0.5, 0.6) is 0 Å². The van der Waals surface area contributed by atoms with Crippen molar-refractivity contribution in [2.45, 2.75) is 4.90 Å². The Morgan fingerprint density at radius 2 is 1.07 bits per heavy atom. The minimum Gasteiger partial charge on any atom is -0.269 e. The summed E-state index contributed by atoms with van der Waals surface area (Å²) in [6.07, 6.45) is 0. The highest BCUT2D eigenvalue weighted by atomic mass is 35.5. The Labute approximate surface area is 92.2 Å². The highest BCUT2D eigenvalue weighted by Gasteiger charge is 2.07. The molecule has 0 aliphatic heterocycles. The van der Waals surface area contributed by atoms with E-state index in [0.29, 0.717) is 12.1 Å². The molecule has 0 spiro atoms. The quantitative estimate of drug-likeness (QED) is 0.635. The van der Waals surface area contributed by atoms with Crippen molar-refractivity contribution >= 4 is 25.0 Å². The summed E-state index contributed by atoms with van der Waals surface area (Å²) >= 11 is 4.24. The van der Waals surface area contributed by atoms with Gasteiger partial charge in [0.15, 0.2) is 0 Å². The van der Waals surface area contributed by atoms with E-state index in [4.69, 9.17) is 0 Å². The van der Waals surface area contributed by atoms with E-state index in [9.17, 15) is 13.2 Å². The fraction of sp³-hybridized carbons (Fsp3) is 0. The van der Waals surface area contributed by atoms with Crippen LogP contribution in [-0.2, 0) is 0 Å². The molecule has 1 radical (unpaired) electrons. The standard InChI is InChI=1S/C6H2F3S.ClH.4FH/c7-3-1-4(8)6(10)5(9)2-3;;;;;/h1-2H;5*1H. The molecule has 0 saturated heterocycles. The van der Waals surface area contributed by atoms with Crippen molar-refractivity contribution in [3.05, 3.63) is 29.6 Å². The molecule has 1 rings (SSSR count). The molecule has 15 heavy (non-hydrogen) atoms. The molecule has 0 aliphatic carbocycles. The van der Waals surface area contributed by atoms with E-state index in [1.165, 1.54) is 0 Å². The Hall–Kier alpha value is -0.760. The van der Waals surface area contributed by atoms with Gasteiger partial charge in [0, 0.05) is 12.1 Å². The van der Waals surface area contributed by atoms with Gasteiger partial charge >= 0.3 is 0 Å². The van der Waals surface area contributed by atoms with Gasteiger partial charge in [0.25, 0.3) is 0 Å². The molecular weight excluding hydrogens is 273 g/mol. The van der Waals surface area contributed by atoms with Crippen molar-refractivity contribution < 1.29 is 32.0 Å². The van der Waals surface area contributed by atoms with Crippen LogP contribution < -0.4 is 0 Å². The second-order valence-electron chi connectivity index (χ2n) is 1.70. The monoisotopic (exact) mass is 279 g/mol. The average Bonchev–Trinajstić information content (AvgIpc) is 1.82. The van der Waals surface area contributed by atoms with Gasteiger partial charge in [-0.3, -0.25) is 18.8 Å². The Kier molecular flexibility index (Phi) is 22.1. The van der Waals surface area contributed by atoms with E-state index in [-0.39, 0.29) is 31.2 Å². The van der Waals surface area contributed by atoms with Crippen LogP contribution in [0.25, 0.3) is 0 Å². The van der Waals surface area contributed by atoms with E-state index >= 15 is 0 Å². The molecule has 0 atom stereocenters. The van der Waals surface area contributed by atoms with Crippen LogP contribution >= 0.6 is 25.0 Å². The lowest BCUT2D eigenvalue weighted by Crippen LogP contribution is -1.86. The smallest absolute Gasteiger partial charge is 0.147 e. The molecule has 1 aromatic rings. The maximum absolute atomic E-state index is 12.3. The van der Waals surface area contributed by atoms with Crippen LogP contribution in [0.1, 0.15) is 0 Å². The van der Waals surface area contributed by atoms with Gasteiger partial charge in [-0.25, -0.2) is 13.2 Å². The topological polar surface area (TPSA) is 0 Å². The van der Waals surface area contributed by atoms with Gasteiger partial charge in [-0.05, 0) is 0 Å². The minimum absolute atomic E-state index is 0. The first-order valence-corrected chi connectivity index (χ1v) is 2.83. The molecule has 9 heteroatoms. The molecular formula is C6H7ClF7S. The Bertz CT molecular complexity index is 247. The van der Waals surface area contributed by atoms with Crippen molar-refractivity contribution in [1.82, 2.24) is 0 Å². The largest absolute Gasteiger partial charge is 0.269 e. The van der Waals surface area contributed by atoms with Crippen molar-refractivity contribution in [2.24, 2.45) is 0 Å². The molecule has 0 bridgehead atoms. The van der Waals surface area contributed by atoms with Crippen LogP contribution in [0, 0.1) is 17.5 Å². The fourth-order valence-electron chi connectivity index (χ4n) is 0.529. The second-order valence-corrected chi connectivity index (χ2v) is 2.11. The summed E-state index contributed by atoms with van der Waals surface area (Å²) in [5.41, 5.74) is 0. The highest BCUT2D eigenvalue weighted by Crippen LogP contribution is 2.17. The lowest BCUT2D eigenvalue weighted by atomic mass is 10.3. The van der Waals surface area contributed by atoms with Crippen molar-refractivity contribution in [3.8, 4) is 0 Å². The summed E-state index contributed by atoms with van der Waals surface area (Å²) < 4.78 is 36.6. The molecule has 1 aromatic carbocycles. The third kappa shape index (κ3) is 7.20. The van der Waals surface area contributed by atoms with E-state index in [1.807, 2.05) is 0 Å². The predicted molar refractivity (Wildman–Crippen MR) is 49.4 cm³/mol. The van der Waals surface area contributed by atoms with Gasteiger partial charge in [-0.15, -0.1) is 12.4 Å². The van der Waals surface area contributed by atoms with Crippen LogP contribution in [0.15, 0.2) is 17.0 Å². The normalized spacial score (nSPS) is 6.60. The van der Waals surface area contributed by atoms with Gasteiger partial charge < -0.3 is 0 Å². The number of benzene rings is 1. The molecule has 0 amide bonds. The molecule has 0 saturated carbocycles. The maximum atomic E-state index is 12.3. The van der Waals surface area contributed by atoms with E-state index in [1.54, 1.807) is 0 Å². The van der Waals surface area contributed by atoms with E-state index in [0.717, 1.165) is 0 Å². The zero-order valence-electron chi connectivity index (χ0n) is 6.74. The average molecular weight is 280 g/mol. The molecule has 0 aromatic heterocycles. The molecule has 0 nitrogen and oxygen atoms in total. The summed E-state index contributed by atoms with van der Waals surface area (Å²) in [4.78, 5) is -0.568. The van der Waals surface area contributed by atoms with Crippen LogP contribution in [0.4, 0.5) is 32.0 Å². The van der Waals surface area contributed by atoms with Gasteiger partial charge in [-0.2, -0.15) is 0 Å². The first kappa shape index (κ1) is 29.2. The van der Waals surface area contributed by atoms with Crippen LogP contribution in [0.3, 0.4) is 0 Å². The summed E-state index contributed by atoms with van der Waals surface area (Å²) in [6, 6.07) is 1.09. The summed E-state index contributed by atoms with van der Waals surface area (Å²) in [6.45, 7) is 0. The molecule has 93 valence electrons. The number of hydrogen-bond donors (Lipinski definition) is 0. The van der Waals surface area contributed by atoms with Crippen LogP contribution in [0.2, 0.25) is 0 Å². The molecule has 0 aliphatic rings. The fourth-order valence-corrected chi connectivity index (χ4v) is 0.647. The van der Waals surface area contributed by atoms with E-state index < -0.39 is 22.3 Å². The highest BCUT2D eigenvalue weighted by molar-refractivity contribution is 7.80. The van der Waals surface area contributed by atoms with Crippen molar-refractivity contribution in [3.63, 3.8) is 0 Å². The Balaban J connectivity index is -0.0000000667. The Morgan fingerprint density at radius 3 is 1.33 bits per heavy atom. The predicted octanol–water partition coefficient (Wildman–Crippen LogP) is 3.69. The summed E-state index contributed by atoms with van der Waals surface area (Å²) in [5, 5.41) is 0. The second kappa shape index (κ2) is 11.3. The molecule has 0 fully saturated rings. The third-order valence-corrected chi connectivity index (χ3v) is 1.35. The Morgan fingerprint density at radius 1 is 0.800 bits per heavy atom. The number of hydrogen-bond acceptors (Lipinski definition) is 0. The van der Waals surface area contributed by atoms with Crippen LogP contribution in [-0.4, -0.2) is 0 Å². The van der Waals surface area contributed by atoms with Crippen molar-refractivity contribution in [2.75, 3.05) is 0 Å². The minimum atomic E-state index is -1.03. The van der Waals surface area contributed by atoms with Gasteiger partial charge in [-0.1, -0.05) is 12.6 Å². The van der Waals surface area contributed by atoms with E-state index in [2.05, 4.69) is 12.6 Å². The summed E-state index contributed by atoms with van der Waals surface area (Å²) in [7, 11) is 0. The zero-order valence-corrected chi connectivity index (χ0v) is 8.37. The molecule has 0 unspecified atom stereocenters. The van der Waals surface area contributed by atoms with Crippen molar-refractivity contribution in [1.29, 1.82) is 0 Å². The van der Waals surface area contributed by atoms with Gasteiger partial charge in [0.1, 0.15) is 22.3 Å². The first-order valence-electron chi connectivity index (χ1n) is 2.43. The molecule has 0 N–H and O–H groups in total. The number of rotatable bonds is 0. The lowest BCUT2D eigenvalue weighted by molar-refractivity contribution is 0.511. The van der Waals surface area contributed by atoms with Gasteiger partial charge in [0.05, 0.1) is 0 Å². The molecule has 0 heterocycles. The number of halogens is 8. The zero-order chi connectivity index (χ0) is 7.72. The first-order chi connectivity index (χ1) is 4.61. The van der Waals surface area contributed by atoms with Gasteiger partial charge in [0.2, 0.25) is 0 Å². The summed E-state index contributed by atoms with van der Waals surface area (Å²) in [5.74, 6) is -3.02.